The quantitative estimate of drug-likeness (QED) is 0.747. The van der Waals surface area contributed by atoms with Crippen molar-refractivity contribution < 1.29 is 28.2 Å². The Morgan fingerprint density at radius 2 is 2.03 bits per heavy atom. The minimum Gasteiger partial charge on any atom is -0.503 e. The van der Waals surface area contributed by atoms with Gasteiger partial charge in [-0.25, -0.2) is 8.78 Å². The highest BCUT2D eigenvalue weighted by Crippen LogP contribution is 2.33. The summed E-state index contributed by atoms with van der Waals surface area (Å²) < 4.78 is 34.9. The maximum atomic E-state index is 14.3. The van der Waals surface area contributed by atoms with Gasteiger partial charge in [-0.05, 0) is 26.8 Å². The van der Waals surface area contributed by atoms with Crippen molar-refractivity contribution in [3.05, 3.63) is 62.1 Å². The number of nitrogens with zero attached hydrogens (tertiary/aromatic N) is 2. The van der Waals surface area contributed by atoms with Crippen LogP contribution in [0.3, 0.4) is 0 Å². The molecule has 1 aromatic heterocycles. The lowest BCUT2D eigenvalue weighted by Crippen LogP contribution is -2.51. The van der Waals surface area contributed by atoms with Gasteiger partial charge in [-0.3, -0.25) is 14.4 Å². The van der Waals surface area contributed by atoms with Gasteiger partial charge in [0, 0.05) is 30.3 Å². The van der Waals surface area contributed by atoms with Crippen LogP contribution in [0.1, 0.15) is 57.6 Å². The van der Waals surface area contributed by atoms with Crippen molar-refractivity contribution in [2.75, 3.05) is 13.2 Å². The number of amides is 2. The molecule has 1 unspecified atom stereocenters. The van der Waals surface area contributed by atoms with E-state index in [0.29, 0.717) is 6.54 Å². The Labute approximate surface area is 182 Å². The van der Waals surface area contributed by atoms with Gasteiger partial charge in [0.05, 0.1) is 24.9 Å². The van der Waals surface area contributed by atoms with Crippen LogP contribution in [-0.4, -0.2) is 45.6 Å². The lowest BCUT2D eigenvalue weighted by atomic mass is 10.0. The molecule has 2 N–H and O–H groups in total. The van der Waals surface area contributed by atoms with E-state index in [2.05, 4.69) is 5.32 Å². The zero-order valence-electron chi connectivity index (χ0n) is 17.9. The van der Waals surface area contributed by atoms with Crippen LogP contribution in [0.5, 0.6) is 5.75 Å². The largest absolute Gasteiger partial charge is 0.503 e. The fourth-order valence-electron chi connectivity index (χ4n) is 4.22. The molecule has 0 bridgehead atoms. The molecule has 0 aliphatic carbocycles. The number of rotatable bonds is 4. The predicted octanol–water partition coefficient (Wildman–Crippen LogP) is 2.01. The molecule has 4 rings (SSSR count). The van der Waals surface area contributed by atoms with Crippen LogP contribution < -0.4 is 10.7 Å². The number of aromatic hydroxyl groups is 1. The number of hydrogen-bond acceptors (Lipinski definition) is 5. The second kappa shape index (κ2) is 8.01. The van der Waals surface area contributed by atoms with Gasteiger partial charge in [-0.2, -0.15) is 0 Å². The molecule has 3 heterocycles. The molecule has 0 radical (unpaired) electrons. The summed E-state index contributed by atoms with van der Waals surface area (Å²) in [7, 11) is 0. The van der Waals surface area contributed by atoms with Crippen molar-refractivity contribution >= 4 is 11.8 Å². The number of nitrogens with one attached hydrogen (secondary N) is 1. The molecular formula is C22H23F2N3O5. The third-order valence-corrected chi connectivity index (χ3v) is 5.96. The van der Waals surface area contributed by atoms with Gasteiger partial charge in [0.2, 0.25) is 5.43 Å². The van der Waals surface area contributed by atoms with Gasteiger partial charge in [-0.1, -0.05) is 6.07 Å². The number of ether oxygens (including phenoxy) is 1. The van der Waals surface area contributed by atoms with Crippen molar-refractivity contribution in [2.45, 2.75) is 46.0 Å². The van der Waals surface area contributed by atoms with Gasteiger partial charge in [0.15, 0.2) is 11.4 Å². The van der Waals surface area contributed by atoms with Crippen molar-refractivity contribution in [3.63, 3.8) is 0 Å². The smallest absolute Gasteiger partial charge is 0.274 e. The number of carbonyl (C=O) groups is 2. The van der Waals surface area contributed by atoms with Crippen LogP contribution in [-0.2, 0) is 17.9 Å². The van der Waals surface area contributed by atoms with Crippen LogP contribution in [0.2, 0.25) is 0 Å². The van der Waals surface area contributed by atoms with E-state index in [9.17, 15) is 28.3 Å². The highest BCUT2D eigenvalue weighted by atomic mass is 19.1. The predicted molar refractivity (Wildman–Crippen MR) is 109 cm³/mol. The number of pyridine rings is 1. The Morgan fingerprint density at radius 3 is 2.72 bits per heavy atom. The first kappa shape index (κ1) is 21.9. The second-order valence-electron chi connectivity index (χ2n) is 8.27. The lowest BCUT2D eigenvalue weighted by molar-refractivity contribution is 0.0192. The molecule has 8 nitrogen and oxygen atoms in total. The fourth-order valence-corrected chi connectivity index (χ4v) is 4.22. The van der Waals surface area contributed by atoms with Crippen molar-refractivity contribution in [3.8, 4) is 5.75 Å². The molecule has 2 aromatic rings. The number of carbonyl (C=O) groups excluding carboxylic acids is 2. The van der Waals surface area contributed by atoms with Crippen molar-refractivity contribution in [2.24, 2.45) is 0 Å². The molecule has 2 amide bonds. The van der Waals surface area contributed by atoms with Crippen LogP contribution in [0.4, 0.5) is 8.78 Å². The first-order valence-corrected chi connectivity index (χ1v) is 10.2. The Balaban J connectivity index is 1.74. The van der Waals surface area contributed by atoms with Gasteiger partial charge in [0.25, 0.3) is 11.8 Å². The van der Waals surface area contributed by atoms with E-state index in [0.717, 1.165) is 6.07 Å². The molecule has 32 heavy (non-hydrogen) atoms. The second-order valence-corrected chi connectivity index (χ2v) is 8.27. The van der Waals surface area contributed by atoms with Crippen LogP contribution in [0.25, 0.3) is 0 Å². The van der Waals surface area contributed by atoms with Crippen molar-refractivity contribution in [1.82, 2.24) is 14.8 Å². The van der Waals surface area contributed by atoms with Gasteiger partial charge in [0.1, 0.15) is 17.2 Å². The Bertz CT molecular complexity index is 1190. The summed E-state index contributed by atoms with van der Waals surface area (Å²) in [5.74, 6) is -3.64. The minimum atomic E-state index is -0.997. The number of halogens is 2. The van der Waals surface area contributed by atoms with Gasteiger partial charge in [-0.15, -0.1) is 0 Å². The summed E-state index contributed by atoms with van der Waals surface area (Å²) in [6, 6.07) is 1.77. The molecule has 0 spiro atoms. The minimum absolute atomic E-state index is 0.0463. The van der Waals surface area contributed by atoms with E-state index in [1.165, 1.54) is 22.5 Å². The molecule has 2 aliphatic rings. The first-order chi connectivity index (χ1) is 15.1. The molecule has 0 saturated carbocycles. The zero-order chi connectivity index (χ0) is 23.3. The number of benzene rings is 1. The highest BCUT2D eigenvalue weighted by molar-refractivity contribution is 6.00. The monoisotopic (exact) mass is 447 g/mol. The van der Waals surface area contributed by atoms with Crippen LogP contribution in [0.15, 0.2) is 16.9 Å². The number of aromatic nitrogens is 1. The summed E-state index contributed by atoms with van der Waals surface area (Å²) in [5, 5.41) is 13.1. The lowest BCUT2D eigenvalue weighted by Gasteiger charge is -2.41. The third-order valence-electron chi connectivity index (χ3n) is 5.96. The number of hydrogen-bond donors (Lipinski definition) is 2. The zero-order valence-corrected chi connectivity index (χ0v) is 17.9. The Kier molecular flexibility index (Phi) is 5.49. The molecule has 1 aromatic carbocycles. The summed E-state index contributed by atoms with van der Waals surface area (Å²) >= 11 is 0. The molecular weight excluding hydrogens is 424 g/mol. The standard InChI is InChI=1S/C22H23F2N3O5/c1-10(2)26-7-13-8-32-9-15-16(19(28)20(29)18(22(26)31)27(13)15)21(30)25-6-12-4-5-14(23)11(3)17(12)24/h4-5,10,13,29H,6-9H2,1-3H3,(H,25,30). The van der Waals surface area contributed by atoms with E-state index < -0.39 is 34.6 Å². The molecule has 170 valence electrons. The maximum Gasteiger partial charge on any atom is 0.274 e. The molecule has 0 fully saturated rings. The summed E-state index contributed by atoms with van der Waals surface area (Å²) in [6.45, 7) is 5.10. The molecule has 0 saturated heterocycles. The normalized spacial score (nSPS) is 17.5. The summed E-state index contributed by atoms with van der Waals surface area (Å²) in [5.41, 5.74) is -1.46. The van der Waals surface area contributed by atoms with Crippen LogP contribution in [0, 0.1) is 18.6 Å². The van der Waals surface area contributed by atoms with E-state index in [-0.39, 0.29) is 59.9 Å². The first-order valence-electron chi connectivity index (χ1n) is 10.2. The maximum absolute atomic E-state index is 14.3. The van der Waals surface area contributed by atoms with E-state index in [1.807, 2.05) is 13.8 Å². The van der Waals surface area contributed by atoms with Gasteiger partial charge >= 0.3 is 0 Å². The fraction of sp³-hybridized carbons (Fsp3) is 0.409. The Hall–Kier alpha value is -3.27. The van der Waals surface area contributed by atoms with Gasteiger partial charge < -0.3 is 24.6 Å². The van der Waals surface area contributed by atoms with Crippen molar-refractivity contribution in [1.29, 1.82) is 0 Å². The average molecular weight is 447 g/mol. The topological polar surface area (TPSA) is 101 Å². The summed E-state index contributed by atoms with van der Waals surface area (Å²) in [6.07, 6.45) is 0. The van der Waals surface area contributed by atoms with E-state index in [4.69, 9.17) is 4.74 Å². The third kappa shape index (κ3) is 3.35. The molecule has 1 atom stereocenters. The summed E-state index contributed by atoms with van der Waals surface area (Å²) in [4.78, 5) is 40.3. The molecule has 10 heteroatoms. The van der Waals surface area contributed by atoms with Crippen LogP contribution >= 0.6 is 0 Å². The van der Waals surface area contributed by atoms with E-state index in [1.54, 1.807) is 0 Å². The SMILES string of the molecule is Cc1c(F)ccc(CNC(=O)c2c3n4c(c(O)c2=O)C(=O)N(C(C)C)CC4COC3)c1F. The Morgan fingerprint density at radius 1 is 1.31 bits per heavy atom. The highest BCUT2D eigenvalue weighted by Gasteiger charge is 2.41. The average Bonchev–Trinajstić information content (AvgIpc) is 2.75. The van der Waals surface area contributed by atoms with E-state index >= 15 is 0 Å². The molecule has 2 aliphatic heterocycles.